The van der Waals surface area contributed by atoms with Crippen LogP contribution in [0.1, 0.15) is 49.9 Å². The SMILES string of the molecule is CC1(C)c2ccccc2-c2cc3c(-c4ccccc4)cc(-c4cc(-c5ccccc5)cc(-c5nc(-c6ccccc6)cc(-c6ccccc6)n5)c4)nc3cc21.CC1(C)c2ccccc2-c2cc3c(-c4ccccc4)cc(-c4cccc(-c5nc(-c6cccc(-c7ccccc7)c6)cc(-c6cccc(-c7ccccc7)c6)n5)c4)nc3cc21. The number of hydrogen-bond acceptors (Lipinski definition) is 6. The summed E-state index contributed by atoms with van der Waals surface area (Å²) in [7, 11) is 0. The first-order valence-electron chi connectivity index (χ1n) is 39.8. The van der Waals surface area contributed by atoms with Crippen molar-refractivity contribution in [1.82, 2.24) is 29.9 Å². The van der Waals surface area contributed by atoms with E-state index in [0.717, 1.165) is 156 Å². The van der Waals surface area contributed by atoms with Crippen LogP contribution in [-0.2, 0) is 10.8 Å². The predicted molar refractivity (Wildman–Crippen MR) is 480 cm³/mol. The molecule has 548 valence electrons. The molecule has 0 fully saturated rings. The summed E-state index contributed by atoms with van der Waals surface area (Å²) in [6, 6.07) is 142. The van der Waals surface area contributed by atoms with Crippen molar-refractivity contribution in [2.24, 2.45) is 0 Å². The molecule has 19 aromatic rings. The zero-order valence-corrected chi connectivity index (χ0v) is 64.8. The molecule has 0 atom stereocenters. The fourth-order valence-corrected chi connectivity index (χ4v) is 17.3. The third-order valence-electron chi connectivity index (χ3n) is 23.3. The highest BCUT2D eigenvalue weighted by atomic mass is 14.9. The van der Waals surface area contributed by atoms with Crippen molar-refractivity contribution in [3.05, 3.63) is 423 Å². The Morgan fingerprint density at radius 1 is 0.155 bits per heavy atom. The quantitative estimate of drug-likeness (QED) is 0.114. The standard InChI is InChI=1S/C58H41N3.C52H37N3/c1-58(2)51-30-13-12-29-47(51)49-34-50-48(40-21-10-5-11-22-40)35-53(59-56(50)36-52(49)58)45-27-16-28-46(33-45)57-60-54(43-25-14-23-41(31-43)38-17-6-3-7-18-38)37-55(61-57)44-26-15-24-42(32-44)39-19-8-4-9-20-39;1-52(2)45-26-16-15-25-41(45)43-30-44-42(35-19-9-4-10-20-35)31-47(53-50(44)32-46(43)52)39-27-38(34-17-7-3-8-18-34)28-40(29-39)51-54-48(36-21-11-5-12-22-36)33-49(55-51)37-23-13-6-14-24-37/h3-37H,1-2H3;3-33H,1-2H3. The molecule has 0 aliphatic heterocycles. The molecule has 0 saturated heterocycles. The third kappa shape index (κ3) is 13.2. The van der Waals surface area contributed by atoms with Gasteiger partial charge in [0.2, 0.25) is 0 Å². The topological polar surface area (TPSA) is 77.3 Å². The highest BCUT2D eigenvalue weighted by molar-refractivity contribution is 6.04. The van der Waals surface area contributed by atoms with Crippen LogP contribution in [0.5, 0.6) is 0 Å². The third-order valence-corrected chi connectivity index (χ3v) is 23.3. The van der Waals surface area contributed by atoms with Crippen LogP contribution in [0.15, 0.2) is 400 Å². The highest BCUT2D eigenvalue weighted by Crippen LogP contribution is 2.53. The number of hydrogen-bond donors (Lipinski definition) is 0. The number of rotatable bonds is 13. The average molecular weight is 1480 g/mol. The Morgan fingerprint density at radius 2 is 0.431 bits per heavy atom. The van der Waals surface area contributed by atoms with Gasteiger partial charge in [-0.25, -0.2) is 29.9 Å². The Hall–Kier alpha value is -14.7. The first-order valence-corrected chi connectivity index (χ1v) is 39.8. The summed E-state index contributed by atoms with van der Waals surface area (Å²) in [5.74, 6) is 1.33. The molecular weight excluding hydrogens is 1410 g/mol. The lowest BCUT2D eigenvalue weighted by Gasteiger charge is -2.22. The van der Waals surface area contributed by atoms with Crippen LogP contribution in [0.25, 0.3) is 190 Å². The van der Waals surface area contributed by atoms with E-state index in [4.69, 9.17) is 29.9 Å². The molecule has 6 heteroatoms. The van der Waals surface area contributed by atoms with E-state index in [9.17, 15) is 0 Å². The Labute approximate surface area is 676 Å². The molecule has 0 spiro atoms. The molecule has 116 heavy (non-hydrogen) atoms. The summed E-state index contributed by atoms with van der Waals surface area (Å²) in [6.45, 7) is 9.31. The zero-order valence-electron chi connectivity index (χ0n) is 64.8. The van der Waals surface area contributed by atoms with Crippen LogP contribution in [0.3, 0.4) is 0 Å². The molecular formula is C110H78N6. The van der Waals surface area contributed by atoms with Gasteiger partial charge in [-0.1, -0.05) is 343 Å². The van der Waals surface area contributed by atoms with Gasteiger partial charge in [-0.15, -0.1) is 0 Å². The van der Waals surface area contributed by atoms with Crippen LogP contribution in [-0.4, -0.2) is 29.9 Å². The second kappa shape index (κ2) is 29.4. The van der Waals surface area contributed by atoms with E-state index < -0.39 is 0 Å². The molecule has 2 aliphatic carbocycles. The lowest BCUT2D eigenvalue weighted by molar-refractivity contribution is 0.661. The van der Waals surface area contributed by atoms with E-state index in [-0.39, 0.29) is 10.8 Å². The van der Waals surface area contributed by atoms with Crippen LogP contribution in [0.2, 0.25) is 0 Å². The van der Waals surface area contributed by atoms with Crippen molar-refractivity contribution >= 4 is 21.8 Å². The van der Waals surface area contributed by atoms with E-state index in [1.54, 1.807) is 0 Å². The van der Waals surface area contributed by atoms with Crippen molar-refractivity contribution in [2.75, 3.05) is 0 Å². The first-order chi connectivity index (χ1) is 56.9. The molecule has 4 aromatic heterocycles. The van der Waals surface area contributed by atoms with Gasteiger partial charge >= 0.3 is 0 Å². The summed E-state index contributed by atoms with van der Waals surface area (Å²) in [6.07, 6.45) is 0. The van der Waals surface area contributed by atoms with Crippen molar-refractivity contribution in [1.29, 1.82) is 0 Å². The Kier molecular flexibility index (Phi) is 17.9. The van der Waals surface area contributed by atoms with E-state index in [0.29, 0.717) is 11.6 Å². The maximum absolute atomic E-state index is 5.50. The van der Waals surface area contributed by atoms with Gasteiger partial charge in [0.1, 0.15) is 0 Å². The largest absolute Gasteiger partial charge is 0.248 e. The van der Waals surface area contributed by atoms with Gasteiger partial charge in [0.05, 0.1) is 45.2 Å². The maximum Gasteiger partial charge on any atom is 0.160 e. The summed E-state index contributed by atoms with van der Waals surface area (Å²) in [5.41, 5.74) is 37.0. The lowest BCUT2D eigenvalue weighted by atomic mass is 9.82. The van der Waals surface area contributed by atoms with E-state index >= 15 is 0 Å². The van der Waals surface area contributed by atoms with Gasteiger partial charge in [-0.05, 0) is 185 Å². The minimum absolute atomic E-state index is 0.133. The minimum atomic E-state index is -0.136. The smallest absolute Gasteiger partial charge is 0.160 e. The normalized spacial score (nSPS) is 12.6. The molecule has 0 radical (unpaired) electrons. The summed E-state index contributed by atoms with van der Waals surface area (Å²) >= 11 is 0. The number of pyridine rings is 2. The van der Waals surface area contributed by atoms with Gasteiger partial charge in [0.15, 0.2) is 11.6 Å². The van der Waals surface area contributed by atoms with Crippen LogP contribution < -0.4 is 0 Å². The second-order valence-electron chi connectivity index (χ2n) is 31.3. The van der Waals surface area contributed by atoms with Crippen molar-refractivity contribution in [3.63, 3.8) is 0 Å². The van der Waals surface area contributed by atoms with Gasteiger partial charge < -0.3 is 0 Å². The van der Waals surface area contributed by atoms with Crippen molar-refractivity contribution in [3.8, 4) is 168 Å². The molecule has 15 aromatic carbocycles. The molecule has 6 nitrogen and oxygen atoms in total. The Morgan fingerprint density at radius 3 is 0.845 bits per heavy atom. The first kappa shape index (κ1) is 70.4. The molecule has 0 N–H and O–H groups in total. The molecule has 0 unspecified atom stereocenters. The minimum Gasteiger partial charge on any atom is -0.248 e. The van der Waals surface area contributed by atoms with Gasteiger partial charge in [-0.2, -0.15) is 0 Å². The number of benzene rings is 15. The fraction of sp³-hybridized carbons (Fsp3) is 0.0545. The molecule has 0 saturated carbocycles. The summed E-state index contributed by atoms with van der Waals surface area (Å²) in [5, 5.41) is 2.29. The maximum atomic E-state index is 5.50. The molecule has 2 aliphatic rings. The Bertz CT molecular complexity index is 6810. The fourth-order valence-electron chi connectivity index (χ4n) is 17.3. The molecule has 21 rings (SSSR count). The molecule has 0 bridgehead atoms. The van der Waals surface area contributed by atoms with Crippen molar-refractivity contribution < 1.29 is 0 Å². The number of fused-ring (bicyclic) bond motifs is 8. The average Bonchev–Trinajstić information content (AvgIpc) is 1.56. The second-order valence-corrected chi connectivity index (χ2v) is 31.3. The number of nitrogens with zero attached hydrogens (tertiary/aromatic N) is 6. The van der Waals surface area contributed by atoms with Gasteiger partial charge in [-0.3, -0.25) is 0 Å². The summed E-state index contributed by atoms with van der Waals surface area (Å²) < 4.78 is 0. The van der Waals surface area contributed by atoms with Crippen LogP contribution in [0, 0.1) is 0 Å². The Balaban J connectivity index is 0.000000150. The van der Waals surface area contributed by atoms with Crippen molar-refractivity contribution in [2.45, 2.75) is 38.5 Å². The zero-order chi connectivity index (χ0) is 77.9. The predicted octanol–water partition coefficient (Wildman–Crippen LogP) is 28.3. The van der Waals surface area contributed by atoms with Crippen LogP contribution in [0.4, 0.5) is 0 Å². The molecule has 4 heterocycles. The van der Waals surface area contributed by atoms with Crippen LogP contribution >= 0.6 is 0 Å². The van der Waals surface area contributed by atoms with E-state index in [1.807, 2.05) is 12.1 Å². The number of aromatic nitrogens is 6. The van der Waals surface area contributed by atoms with E-state index in [1.165, 1.54) is 44.5 Å². The van der Waals surface area contributed by atoms with Gasteiger partial charge in [0.25, 0.3) is 0 Å². The van der Waals surface area contributed by atoms with Gasteiger partial charge in [0, 0.05) is 66.1 Å². The monoisotopic (exact) mass is 1480 g/mol. The lowest BCUT2D eigenvalue weighted by Crippen LogP contribution is -2.14. The molecule has 0 amide bonds. The highest BCUT2D eigenvalue weighted by Gasteiger charge is 2.38. The summed E-state index contributed by atoms with van der Waals surface area (Å²) in [4.78, 5) is 32.0. The van der Waals surface area contributed by atoms with E-state index in [2.05, 4.69) is 416 Å².